The number of ketones is 2. The van der Waals surface area contributed by atoms with Crippen LogP contribution in [0.2, 0.25) is 0 Å². The second kappa shape index (κ2) is 7.44. The molecule has 1 rings (SSSR count). The number of non-ortho nitro benzene ring substituents is 1. The van der Waals surface area contributed by atoms with Gasteiger partial charge in [0.2, 0.25) is 0 Å². The first-order valence-electron chi connectivity index (χ1n) is 6.46. The largest absolute Gasteiger partial charge is 0.309 e. The lowest BCUT2D eigenvalue weighted by atomic mass is 10.0. The molecule has 0 atom stereocenters. The van der Waals surface area contributed by atoms with E-state index < -0.39 is 4.92 Å². The average molecular weight is 290 g/mol. The molecule has 0 unspecified atom stereocenters. The van der Waals surface area contributed by atoms with Crippen LogP contribution < -0.4 is 0 Å². The standard InChI is InChI=1S/C15H18N2O4/c1-11(18)14(15(19)8-9-16(2)3)10-12-4-6-13(7-5-12)17(20)21/h4-7,10H,8-9H2,1-3H3/b14-10+. The van der Waals surface area contributed by atoms with Gasteiger partial charge in [-0.2, -0.15) is 0 Å². The first-order chi connectivity index (χ1) is 9.81. The molecule has 0 amide bonds. The smallest absolute Gasteiger partial charge is 0.269 e. The van der Waals surface area contributed by atoms with E-state index >= 15 is 0 Å². The molecule has 0 saturated carbocycles. The molecule has 0 N–H and O–H groups in total. The summed E-state index contributed by atoms with van der Waals surface area (Å²) in [5, 5.41) is 10.6. The van der Waals surface area contributed by atoms with E-state index in [0.29, 0.717) is 12.1 Å². The van der Waals surface area contributed by atoms with E-state index in [2.05, 4.69) is 0 Å². The first-order valence-corrected chi connectivity index (χ1v) is 6.46. The van der Waals surface area contributed by atoms with Gasteiger partial charge in [0.25, 0.3) is 5.69 Å². The number of Topliss-reactive ketones (excluding diaryl/α,β-unsaturated/α-hetero) is 2. The molecule has 0 radical (unpaired) electrons. The highest BCUT2D eigenvalue weighted by atomic mass is 16.6. The fraction of sp³-hybridized carbons (Fsp3) is 0.333. The van der Waals surface area contributed by atoms with E-state index in [9.17, 15) is 19.7 Å². The van der Waals surface area contributed by atoms with Crippen LogP contribution in [0.3, 0.4) is 0 Å². The molecule has 6 nitrogen and oxygen atoms in total. The van der Waals surface area contributed by atoms with E-state index in [1.54, 1.807) is 0 Å². The summed E-state index contributed by atoms with van der Waals surface area (Å²) in [6, 6.07) is 5.71. The van der Waals surface area contributed by atoms with Crippen LogP contribution in [0.4, 0.5) is 5.69 Å². The minimum absolute atomic E-state index is 0.0320. The molecule has 0 aromatic heterocycles. The summed E-state index contributed by atoms with van der Waals surface area (Å²) < 4.78 is 0. The van der Waals surface area contributed by atoms with Crippen LogP contribution in [0.5, 0.6) is 0 Å². The number of carbonyl (C=O) groups excluding carboxylic acids is 2. The van der Waals surface area contributed by atoms with Crippen molar-refractivity contribution in [1.29, 1.82) is 0 Å². The van der Waals surface area contributed by atoms with E-state index in [1.807, 2.05) is 19.0 Å². The molecule has 0 aliphatic rings. The Hall–Kier alpha value is -2.34. The van der Waals surface area contributed by atoms with Crippen molar-refractivity contribution in [2.45, 2.75) is 13.3 Å². The quantitative estimate of drug-likeness (QED) is 0.252. The third kappa shape index (κ3) is 5.27. The molecule has 0 spiro atoms. The summed E-state index contributed by atoms with van der Waals surface area (Å²) in [4.78, 5) is 35.6. The highest BCUT2D eigenvalue weighted by Gasteiger charge is 2.14. The zero-order valence-corrected chi connectivity index (χ0v) is 12.3. The molecule has 6 heteroatoms. The SMILES string of the molecule is CC(=O)/C(=C\c1ccc([N+](=O)[O-])cc1)C(=O)CCN(C)C. The van der Waals surface area contributed by atoms with Crippen molar-refractivity contribution in [3.05, 3.63) is 45.5 Å². The van der Waals surface area contributed by atoms with Gasteiger partial charge in [0.1, 0.15) is 0 Å². The Kier molecular flexibility index (Phi) is 5.92. The topological polar surface area (TPSA) is 80.5 Å². The summed E-state index contributed by atoms with van der Waals surface area (Å²) in [6.07, 6.45) is 1.73. The Morgan fingerprint density at radius 2 is 1.81 bits per heavy atom. The maximum absolute atomic E-state index is 12.0. The van der Waals surface area contributed by atoms with E-state index in [0.717, 1.165) is 0 Å². The maximum atomic E-state index is 12.0. The molecule has 112 valence electrons. The lowest BCUT2D eigenvalue weighted by Crippen LogP contribution is -2.19. The number of rotatable bonds is 7. The number of hydrogen-bond donors (Lipinski definition) is 0. The van der Waals surface area contributed by atoms with Crippen LogP contribution in [-0.2, 0) is 9.59 Å². The summed E-state index contributed by atoms with van der Waals surface area (Å²) in [5.41, 5.74) is 0.671. The Morgan fingerprint density at radius 3 is 2.24 bits per heavy atom. The van der Waals surface area contributed by atoms with Crippen molar-refractivity contribution >= 4 is 23.3 Å². The van der Waals surface area contributed by atoms with Crippen molar-refractivity contribution in [2.24, 2.45) is 0 Å². The number of nitro benzene ring substituents is 1. The summed E-state index contributed by atoms with van der Waals surface area (Å²) in [7, 11) is 3.70. The predicted octanol–water partition coefficient (Wildman–Crippen LogP) is 2.09. The minimum Gasteiger partial charge on any atom is -0.309 e. The molecule has 0 aliphatic carbocycles. The molecule has 0 saturated heterocycles. The zero-order valence-electron chi connectivity index (χ0n) is 12.3. The Balaban J connectivity index is 2.96. The summed E-state index contributed by atoms with van der Waals surface area (Å²) >= 11 is 0. The second-order valence-corrected chi connectivity index (χ2v) is 4.94. The normalized spacial score (nSPS) is 11.5. The number of nitrogens with zero attached hydrogens (tertiary/aromatic N) is 2. The number of benzene rings is 1. The summed E-state index contributed by atoms with van der Waals surface area (Å²) in [5.74, 6) is -0.535. The van der Waals surface area contributed by atoms with Gasteiger partial charge >= 0.3 is 0 Å². The molecule has 21 heavy (non-hydrogen) atoms. The van der Waals surface area contributed by atoms with E-state index in [1.165, 1.54) is 37.3 Å². The first kappa shape index (κ1) is 16.7. The Morgan fingerprint density at radius 1 is 1.24 bits per heavy atom. The molecule has 0 bridgehead atoms. The lowest BCUT2D eigenvalue weighted by Gasteiger charge is -2.09. The third-order valence-electron chi connectivity index (χ3n) is 2.88. The number of hydrogen-bond acceptors (Lipinski definition) is 5. The molecule has 0 heterocycles. The Bertz CT molecular complexity index is 574. The second-order valence-electron chi connectivity index (χ2n) is 4.94. The highest BCUT2D eigenvalue weighted by molar-refractivity contribution is 6.22. The van der Waals surface area contributed by atoms with Crippen LogP contribution in [0.15, 0.2) is 29.8 Å². The zero-order chi connectivity index (χ0) is 16.0. The van der Waals surface area contributed by atoms with Crippen LogP contribution in [0, 0.1) is 10.1 Å². The predicted molar refractivity (Wildman–Crippen MR) is 79.9 cm³/mol. The van der Waals surface area contributed by atoms with Gasteiger partial charge in [-0.25, -0.2) is 0 Å². The van der Waals surface area contributed by atoms with Gasteiger partial charge in [-0.3, -0.25) is 19.7 Å². The van der Waals surface area contributed by atoms with Gasteiger partial charge in [0, 0.05) is 25.1 Å². The molecular formula is C15H18N2O4. The third-order valence-corrected chi connectivity index (χ3v) is 2.88. The van der Waals surface area contributed by atoms with Crippen LogP contribution in [-0.4, -0.2) is 42.0 Å². The summed E-state index contributed by atoms with van der Waals surface area (Å²) in [6.45, 7) is 1.90. The minimum atomic E-state index is -0.498. The van der Waals surface area contributed by atoms with Gasteiger partial charge in [-0.15, -0.1) is 0 Å². The van der Waals surface area contributed by atoms with Crippen molar-refractivity contribution in [1.82, 2.24) is 4.90 Å². The van der Waals surface area contributed by atoms with Crippen LogP contribution in [0.25, 0.3) is 6.08 Å². The Labute approximate surface area is 123 Å². The molecule has 1 aromatic carbocycles. The van der Waals surface area contributed by atoms with Gasteiger partial charge in [0.05, 0.1) is 10.5 Å². The highest BCUT2D eigenvalue weighted by Crippen LogP contribution is 2.15. The molecule has 0 fully saturated rings. The van der Waals surface area contributed by atoms with Crippen molar-refractivity contribution in [2.75, 3.05) is 20.6 Å². The van der Waals surface area contributed by atoms with E-state index in [-0.39, 0.29) is 29.2 Å². The van der Waals surface area contributed by atoms with Crippen molar-refractivity contribution < 1.29 is 14.5 Å². The van der Waals surface area contributed by atoms with Crippen LogP contribution in [0.1, 0.15) is 18.9 Å². The number of allylic oxidation sites excluding steroid dienone is 1. The van der Waals surface area contributed by atoms with Gasteiger partial charge in [0.15, 0.2) is 11.6 Å². The van der Waals surface area contributed by atoms with Crippen molar-refractivity contribution in [3.8, 4) is 0 Å². The maximum Gasteiger partial charge on any atom is 0.269 e. The fourth-order valence-corrected chi connectivity index (χ4v) is 1.70. The average Bonchev–Trinajstić information content (AvgIpc) is 2.42. The molecular weight excluding hydrogens is 272 g/mol. The van der Waals surface area contributed by atoms with Crippen molar-refractivity contribution in [3.63, 3.8) is 0 Å². The number of nitro groups is 1. The van der Waals surface area contributed by atoms with Gasteiger partial charge < -0.3 is 4.90 Å². The van der Waals surface area contributed by atoms with E-state index in [4.69, 9.17) is 0 Å². The van der Waals surface area contributed by atoms with Gasteiger partial charge in [-0.05, 0) is 44.8 Å². The monoisotopic (exact) mass is 290 g/mol. The lowest BCUT2D eigenvalue weighted by molar-refractivity contribution is -0.384. The fourth-order valence-electron chi connectivity index (χ4n) is 1.70. The van der Waals surface area contributed by atoms with Gasteiger partial charge in [-0.1, -0.05) is 0 Å². The van der Waals surface area contributed by atoms with Crippen LogP contribution >= 0.6 is 0 Å². The molecule has 0 aliphatic heterocycles. The number of carbonyl (C=O) groups is 2. The molecule has 1 aromatic rings.